The number of carbonyl (C=O) groups is 1. The van der Waals surface area contributed by atoms with Gasteiger partial charge in [-0.2, -0.15) is 12.6 Å². The normalized spacial score (nSPS) is 15.3. The molecule has 0 spiro atoms. The predicted molar refractivity (Wildman–Crippen MR) is 50.1 cm³/mol. The second-order valence-corrected chi connectivity index (χ2v) is 3.04. The molecule has 11 heavy (non-hydrogen) atoms. The second kappa shape index (κ2) is 5.29. The molecule has 2 atom stereocenters. The third kappa shape index (κ3) is 4.14. The zero-order valence-electron chi connectivity index (χ0n) is 7.22. The standard InChI is InChI=1S/C7H16N2OS/c1-5(4-11)6(2)9-7(10)8-3/h5-6,11H,4H2,1-3H3,(H2,8,9,10). The summed E-state index contributed by atoms with van der Waals surface area (Å²) in [4.78, 5) is 10.8. The van der Waals surface area contributed by atoms with Crippen molar-refractivity contribution in [1.29, 1.82) is 0 Å². The average molecular weight is 176 g/mol. The van der Waals surface area contributed by atoms with Gasteiger partial charge in [-0.15, -0.1) is 0 Å². The summed E-state index contributed by atoms with van der Waals surface area (Å²) in [5.74, 6) is 1.18. The molecule has 4 heteroatoms. The first-order chi connectivity index (χ1) is 5.11. The van der Waals surface area contributed by atoms with E-state index in [1.165, 1.54) is 0 Å². The zero-order valence-corrected chi connectivity index (χ0v) is 8.11. The maximum atomic E-state index is 10.8. The number of urea groups is 1. The number of amides is 2. The zero-order chi connectivity index (χ0) is 8.85. The second-order valence-electron chi connectivity index (χ2n) is 2.67. The van der Waals surface area contributed by atoms with Crippen molar-refractivity contribution in [3.05, 3.63) is 0 Å². The highest BCUT2D eigenvalue weighted by atomic mass is 32.1. The summed E-state index contributed by atoms with van der Waals surface area (Å²) in [5, 5.41) is 5.28. The first kappa shape index (κ1) is 10.6. The summed E-state index contributed by atoms with van der Waals surface area (Å²) in [6, 6.07) is 0.0404. The van der Waals surface area contributed by atoms with Gasteiger partial charge in [-0.1, -0.05) is 6.92 Å². The van der Waals surface area contributed by atoms with Crippen LogP contribution in [0.5, 0.6) is 0 Å². The van der Waals surface area contributed by atoms with Gasteiger partial charge in [-0.3, -0.25) is 0 Å². The fraction of sp³-hybridized carbons (Fsp3) is 0.857. The Kier molecular flexibility index (Phi) is 5.11. The van der Waals surface area contributed by atoms with E-state index in [0.717, 1.165) is 5.75 Å². The minimum Gasteiger partial charge on any atom is -0.341 e. The lowest BCUT2D eigenvalue weighted by atomic mass is 10.1. The van der Waals surface area contributed by atoms with Crippen molar-refractivity contribution in [2.75, 3.05) is 12.8 Å². The number of hydrogen-bond acceptors (Lipinski definition) is 2. The van der Waals surface area contributed by atoms with Crippen LogP contribution in [0, 0.1) is 5.92 Å². The maximum absolute atomic E-state index is 10.8. The summed E-state index contributed by atoms with van der Waals surface area (Å²) >= 11 is 4.13. The molecule has 0 saturated heterocycles. The van der Waals surface area contributed by atoms with E-state index in [0.29, 0.717) is 5.92 Å². The molecule has 66 valence electrons. The smallest absolute Gasteiger partial charge is 0.314 e. The lowest BCUT2D eigenvalue weighted by Gasteiger charge is -2.18. The fourth-order valence-electron chi connectivity index (χ4n) is 0.579. The molecule has 0 fully saturated rings. The lowest BCUT2D eigenvalue weighted by molar-refractivity contribution is 0.236. The van der Waals surface area contributed by atoms with Gasteiger partial charge in [-0.25, -0.2) is 4.79 Å². The quantitative estimate of drug-likeness (QED) is 0.549. The lowest BCUT2D eigenvalue weighted by Crippen LogP contribution is -2.42. The number of rotatable bonds is 3. The molecule has 0 aromatic rings. The molecule has 0 rings (SSSR count). The van der Waals surface area contributed by atoms with Gasteiger partial charge in [-0.05, 0) is 18.6 Å². The van der Waals surface area contributed by atoms with Gasteiger partial charge in [0, 0.05) is 13.1 Å². The van der Waals surface area contributed by atoms with Crippen LogP contribution in [0.1, 0.15) is 13.8 Å². The number of nitrogens with one attached hydrogen (secondary N) is 2. The molecule has 0 saturated carbocycles. The van der Waals surface area contributed by atoms with Gasteiger partial charge in [0.15, 0.2) is 0 Å². The van der Waals surface area contributed by atoms with Crippen LogP contribution in [0.2, 0.25) is 0 Å². The van der Waals surface area contributed by atoms with Crippen molar-refractivity contribution in [2.24, 2.45) is 5.92 Å². The third-order valence-corrected chi connectivity index (χ3v) is 2.30. The van der Waals surface area contributed by atoms with Crippen molar-refractivity contribution in [3.63, 3.8) is 0 Å². The molecule has 0 aromatic heterocycles. The minimum atomic E-state index is -0.133. The van der Waals surface area contributed by atoms with Crippen molar-refractivity contribution < 1.29 is 4.79 Å². The van der Waals surface area contributed by atoms with Gasteiger partial charge in [0.2, 0.25) is 0 Å². The highest BCUT2D eigenvalue weighted by Crippen LogP contribution is 2.03. The summed E-state index contributed by atoms with van der Waals surface area (Å²) in [5.41, 5.74) is 0. The molecule has 2 N–H and O–H groups in total. The summed E-state index contributed by atoms with van der Waals surface area (Å²) in [6.45, 7) is 4.02. The molecule has 0 bridgehead atoms. The summed E-state index contributed by atoms with van der Waals surface area (Å²) < 4.78 is 0. The molecule has 0 aliphatic heterocycles. The largest absolute Gasteiger partial charge is 0.341 e. The SMILES string of the molecule is CNC(=O)NC(C)C(C)CS. The molecule has 3 nitrogen and oxygen atoms in total. The molecule has 0 aliphatic carbocycles. The number of thiol groups is 1. The van der Waals surface area contributed by atoms with Crippen molar-refractivity contribution >= 4 is 18.7 Å². The highest BCUT2D eigenvalue weighted by Gasteiger charge is 2.11. The first-order valence-corrected chi connectivity index (χ1v) is 4.34. The van der Waals surface area contributed by atoms with Crippen molar-refractivity contribution in [3.8, 4) is 0 Å². The van der Waals surface area contributed by atoms with E-state index in [2.05, 4.69) is 23.3 Å². The Hall–Kier alpha value is -0.380. The molecular formula is C7H16N2OS. The minimum absolute atomic E-state index is 0.133. The molecule has 0 radical (unpaired) electrons. The Morgan fingerprint density at radius 3 is 2.45 bits per heavy atom. The highest BCUT2D eigenvalue weighted by molar-refractivity contribution is 7.80. The van der Waals surface area contributed by atoms with Crippen LogP contribution in [0.3, 0.4) is 0 Å². The predicted octanol–water partition coefficient (Wildman–Crippen LogP) is 0.870. The van der Waals surface area contributed by atoms with E-state index in [-0.39, 0.29) is 12.1 Å². The van der Waals surface area contributed by atoms with Crippen LogP contribution >= 0.6 is 12.6 Å². The van der Waals surface area contributed by atoms with Gasteiger partial charge >= 0.3 is 6.03 Å². The molecule has 2 amide bonds. The van der Waals surface area contributed by atoms with Gasteiger partial charge < -0.3 is 10.6 Å². The van der Waals surface area contributed by atoms with E-state index in [4.69, 9.17) is 0 Å². The van der Waals surface area contributed by atoms with Gasteiger partial charge in [0.1, 0.15) is 0 Å². The molecule has 0 heterocycles. The number of hydrogen-bond donors (Lipinski definition) is 3. The van der Waals surface area contributed by atoms with Crippen LogP contribution < -0.4 is 10.6 Å². The Morgan fingerprint density at radius 2 is 2.09 bits per heavy atom. The first-order valence-electron chi connectivity index (χ1n) is 3.71. The van der Waals surface area contributed by atoms with E-state index < -0.39 is 0 Å². The Bertz CT molecular complexity index is 130. The van der Waals surface area contributed by atoms with E-state index >= 15 is 0 Å². The molecule has 0 aromatic carbocycles. The van der Waals surface area contributed by atoms with E-state index in [9.17, 15) is 4.79 Å². The fourth-order valence-corrected chi connectivity index (χ4v) is 0.896. The van der Waals surface area contributed by atoms with Gasteiger partial charge in [0.25, 0.3) is 0 Å². The Balaban J connectivity index is 3.67. The summed E-state index contributed by atoms with van der Waals surface area (Å²) in [7, 11) is 1.60. The molecule has 0 aliphatic rings. The monoisotopic (exact) mass is 176 g/mol. The topological polar surface area (TPSA) is 41.1 Å². The number of carbonyl (C=O) groups excluding carboxylic acids is 1. The maximum Gasteiger partial charge on any atom is 0.314 e. The Labute approximate surface area is 73.3 Å². The van der Waals surface area contributed by atoms with Crippen LogP contribution in [-0.4, -0.2) is 24.9 Å². The Morgan fingerprint density at radius 1 is 1.55 bits per heavy atom. The van der Waals surface area contributed by atoms with E-state index in [1.807, 2.05) is 13.8 Å². The van der Waals surface area contributed by atoms with Crippen LogP contribution in [0.4, 0.5) is 4.79 Å². The van der Waals surface area contributed by atoms with Crippen molar-refractivity contribution in [2.45, 2.75) is 19.9 Å². The average Bonchev–Trinajstić information content (AvgIpc) is 2.02. The van der Waals surface area contributed by atoms with E-state index in [1.54, 1.807) is 7.05 Å². The van der Waals surface area contributed by atoms with Crippen molar-refractivity contribution in [1.82, 2.24) is 10.6 Å². The summed E-state index contributed by atoms with van der Waals surface area (Å²) in [6.07, 6.45) is 0. The van der Waals surface area contributed by atoms with Crippen LogP contribution in [-0.2, 0) is 0 Å². The van der Waals surface area contributed by atoms with Crippen LogP contribution in [0.15, 0.2) is 0 Å². The van der Waals surface area contributed by atoms with Crippen LogP contribution in [0.25, 0.3) is 0 Å². The third-order valence-electron chi connectivity index (χ3n) is 1.73. The van der Waals surface area contributed by atoms with Gasteiger partial charge in [0.05, 0.1) is 0 Å². The molecule has 2 unspecified atom stereocenters. The molecular weight excluding hydrogens is 160 g/mol.